The van der Waals surface area contributed by atoms with Crippen molar-refractivity contribution in [1.82, 2.24) is 20.1 Å². The summed E-state index contributed by atoms with van der Waals surface area (Å²) in [4.78, 5) is 9.30. The van der Waals surface area contributed by atoms with Crippen LogP contribution in [0.1, 0.15) is 0 Å². The van der Waals surface area contributed by atoms with Gasteiger partial charge >= 0.3 is 0 Å². The number of benzene rings is 1. The summed E-state index contributed by atoms with van der Waals surface area (Å²) >= 11 is 0. The molecule has 1 saturated heterocycles. The minimum absolute atomic E-state index is 0.923. The fourth-order valence-electron chi connectivity index (χ4n) is 2.97. The van der Waals surface area contributed by atoms with Crippen LogP contribution in [0.2, 0.25) is 0 Å². The summed E-state index contributed by atoms with van der Waals surface area (Å²) in [5, 5.41) is 8.65. The van der Waals surface area contributed by atoms with Crippen molar-refractivity contribution in [1.29, 1.82) is 0 Å². The Labute approximate surface area is 129 Å². The lowest BCUT2D eigenvalue weighted by Crippen LogP contribution is -2.44. The lowest BCUT2D eigenvalue weighted by molar-refractivity contribution is 0.313. The smallest absolute Gasteiger partial charge is 0.118 e. The predicted molar refractivity (Wildman–Crippen MR) is 89.0 cm³/mol. The van der Waals surface area contributed by atoms with Crippen molar-refractivity contribution in [2.75, 3.05) is 38.1 Å². The molecule has 0 bridgehead atoms. The van der Waals surface area contributed by atoms with Gasteiger partial charge in [0, 0.05) is 43.4 Å². The van der Waals surface area contributed by atoms with Crippen LogP contribution < -0.4 is 4.90 Å². The molecule has 0 radical (unpaired) electrons. The quantitative estimate of drug-likeness (QED) is 0.788. The summed E-state index contributed by atoms with van der Waals surface area (Å²) in [5.74, 6) is 0. The molecular formula is C17H19N5. The number of fused-ring (bicyclic) bond motifs is 1. The average Bonchev–Trinajstić information content (AvgIpc) is 3.00. The molecule has 22 heavy (non-hydrogen) atoms. The molecule has 1 N–H and O–H groups in total. The van der Waals surface area contributed by atoms with Crippen LogP contribution in [0.15, 0.2) is 42.6 Å². The number of rotatable bonds is 2. The first-order valence-electron chi connectivity index (χ1n) is 7.64. The third kappa shape index (κ3) is 2.33. The van der Waals surface area contributed by atoms with Gasteiger partial charge in [0.1, 0.15) is 5.69 Å². The molecule has 2 aromatic heterocycles. The van der Waals surface area contributed by atoms with Gasteiger partial charge in [0.25, 0.3) is 0 Å². The molecule has 0 saturated carbocycles. The van der Waals surface area contributed by atoms with Gasteiger partial charge in [0.2, 0.25) is 0 Å². The van der Waals surface area contributed by atoms with Crippen molar-refractivity contribution in [3.63, 3.8) is 0 Å². The molecule has 1 aromatic carbocycles. The molecule has 112 valence electrons. The number of para-hydroxylation sites is 1. The van der Waals surface area contributed by atoms with Gasteiger partial charge in [-0.05, 0) is 25.2 Å². The second-order valence-electron chi connectivity index (χ2n) is 5.81. The van der Waals surface area contributed by atoms with Crippen LogP contribution in [-0.2, 0) is 0 Å². The summed E-state index contributed by atoms with van der Waals surface area (Å²) in [7, 11) is 2.17. The SMILES string of the molecule is CN1CCN(c2ccnc(-c3n[nH]c4ccccc34)c2)CC1. The van der Waals surface area contributed by atoms with E-state index in [1.54, 1.807) is 0 Å². The monoisotopic (exact) mass is 293 g/mol. The van der Waals surface area contributed by atoms with E-state index in [-0.39, 0.29) is 0 Å². The minimum Gasteiger partial charge on any atom is -0.369 e. The molecule has 1 aliphatic heterocycles. The number of pyridine rings is 1. The van der Waals surface area contributed by atoms with Gasteiger partial charge < -0.3 is 9.80 Å². The van der Waals surface area contributed by atoms with Crippen LogP contribution in [0.4, 0.5) is 5.69 Å². The van der Waals surface area contributed by atoms with E-state index >= 15 is 0 Å². The summed E-state index contributed by atoms with van der Waals surface area (Å²) in [5.41, 5.74) is 4.12. The summed E-state index contributed by atoms with van der Waals surface area (Å²) in [6.45, 7) is 4.31. The number of likely N-dealkylation sites (N-methyl/N-ethyl adjacent to an activating group) is 1. The van der Waals surface area contributed by atoms with Gasteiger partial charge in [-0.2, -0.15) is 5.10 Å². The van der Waals surface area contributed by atoms with Gasteiger partial charge in [-0.1, -0.05) is 18.2 Å². The first kappa shape index (κ1) is 13.3. The Balaban J connectivity index is 1.70. The van der Waals surface area contributed by atoms with Crippen LogP contribution >= 0.6 is 0 Å². The fourth-order valence-corrected chi connectivity index (χ4v) is 2.97. The lowest BCUT2D eigenvalue weighted by Gasteiger charge is -2.34. The molecule has 3 aromatic rings. The van der Waals surface area contributed by atoms with Crippen LogP contribution in [-0.4, -0.2) is 53.3 Å². The maximum Gasteiger partial charge on any atom is 0.118 e. The van der Waals surface area contributed by atoms with Crippen LogP contribution in [0, 0.1) is 0 Å². The van der Waals surface area contributed by atoms with E-state index in [9.17, 15) is 0 Å². The molecule has 0 unspecified atom stereocenters. The van der Waals surface area contributed by atoms with Crippen LogP contribution in [0.5, 0.6) is 0 Å². The molecule has 0 atom stereocenters. The maximum absolute atomic E-state index is 4.52. The van der Waals surface area contributed by atoms with Crippen LogP contribution in [0.25, 0.3) is 22.3 Å². The Morgan fingerprint density at radius 3 is 2.73 bits per heavy atom. The summed E-state index contributed by atoms with van der Waals surface area (Å²) in [6.07, 6.45) is 1.88. The Morgan fingerprint density at radius 1 is 1.05 bits per heavy atom. The maximum atomic E-state index is 4.52. The van der Waals surface area contributed by atoms with Crippen molar-refractivity contribution in [2.45, 2.75) is 0 Å². The van der Waals surface area contributed by atoms with Gasteiger partial charge in [-0.3, -0.25) is 10.1 Å². The fraction of sp³-hybridized carbons (Fsp3) is 0.294. The van der Waals surface area contributed by atoms with E-state index in [0.717, 1.165) is 48.5 Å². The van der Waals surface area contributed by atoms with Crippen LogP contribution in [0.3, 0.4) is 0 Å². The number of aromatic nitrogens is 3. The highest BCUT2D eigenvalue weighted by atomic mass is 15.2. The second-order valence-corrected chi connectivity index (χ2v) is 5.81. The molecule has 1 fully saturated rings. The average molecular weight is 293 g/mol. The number of piperazine rings is 1. The zero-order chi connectivity index (χ0) is 14.9. The predicted octanol–water partition coefficient (Wildman–Crippen LogP) is 2.38. The molecular weight excluding hydrogens is 274 g/mol. The molecule has 5 heteroatoms. The summed E-state index contributed by atoms with van der Waals surface area (Å²) < 4.78 is 0. The highest BCUT2D eigenvalue weighted by Crippen LogP contribution is 2.27. The van der Waals surface area contributed by atoms with E-state index in [1.807, 2.05) is 24.4 Å². The third-order valence-electron chi connectivity index (χ3n) is 4.32. The minimum atomic E-state index is 0.923. The lowest BCUT2D eigenvalue weighted by atomic mass is 10.1. The van der Waals surface area contributed by atoms with Crippen molar-refractivity contribution in [3.8, 4) is 11.4 Å². The van der Waals surface area contributed by atoms with E-state index in [1.165, 1.54) is 5.69 Å². The summed E-state index contributed by atoms with van der Waals surface area (Å²) in [6, 6.07) is 12.4. The van der Waals surface area contributed by atoms with E-state index < -0.39 is 0 Å². The number of anilines is 1. The molecule has 0 amide bonds. The highest BCUT2D eigenvalue weighted by molar-refractivity contribution is 5.92. The standard InChI is InChI=1S/C17H19N5/c1-21-8-10-22(11-9-21)13-6-7-18-16(12-13)17-14-4-2-3-5-15(14)19-20-17/h2-7,12H,8-11H2,1H3,(H,19,20). The zero-order valence-corrected chi connectivity index (χ0v) is 12.7. The Bertz CT molecular complexity index is 786. The number of H-pyrrole nitrogens is 1. The zero-order valence-electron chi connectivity index (χ0n) is 12.7. The number of hydrogen-bond donors (Lipinski definition) is 1. The highest BCUT2D eigenvalue weighted by Gasteiger charge is 2.16. The molecule has 3 heterocycles. The van der Waals surface area contributed by atoms with Gasteiger partial charge in [0.05, 0.1) is 11.2 Å². The Hall–Kier alpha value is -2.40. The normalized spacial score (nSPS) is 16.3. The number of nitrogens with zero attached hydrogens (tertiary/aromatic N) is 4. The first-order valence-corrected chi connectivity index (χ1v) is 7.64. The van der Waals surface area contributed by atoms with Crippen molar-refractivity contribution < 1.29 is 0 Å². The van der Waals surface area contributed by atoms with Crippen molar-refractivity contribution in [2.24, 2.45) is 0 Å². The largest absolute Gasteiger partial charge is 0.369 e. The Morgan fingerprint density at radius 2 is 1.86 bits per heavy atom. The number of aromatic amines is 1. The number of hydrogen-bond acceptors (Lipinski definition) is 4. The molecule has 5 nitrogen and oxygen atoms in total. The van der Waals surface area contributed by atoms with E-state index in [0.29, 0.717) is 0 Å². The first-order chi connectivity index (χ1) is 10.8. The van der Waals surface area contributed by atoms with E-state index in [2.05, 4.69) is 50.2 Å². The van der Waals surface area contributed by atoms with Crippen molar-refractivity contribution in [3.05, 3.63) is 42.6 Å². The van der Waals surface area contributed by atoms with Gasteiger partial charge in [-0.15, -0.1) is 0 Å². The third-order valence-corrected chi connectivity index (χ3v) is 4.32. The topological polar surface area (TPSA) is 48.1 Å². The van der Waals surface area contributed by atoms with Gasteiger partial charge in [0.15, 0.2) is 0 Å². The molecule has 0 spiro atoms. The van der Waals surface area contributed by atoms with Crippen molar-refractivity contribution >= 4 is 16.6 Å². The molecule has 0 aliphatic carbocycles. The van der Waals surface area contributed by atoms with E-state index in [4.69, 9.17) is 0 Å². The molecule has 4 rings (SSSR count). The second kappa shape index (κ2) is 5.42. The number of nitrogens with one attached hydrogen (secondary N) is 1. The Kier molecular flexibility index (Phi) is 3.27. The molecule has 1 aliphatic rings. The van der Waals surface area contributed by atoms with Gasteiger partial charge in [-0.25, -0.2) is 0 Å².